The highest BCUT2D eigenvalue weighted by atomic mass is 32.1. The molecule has 0 bridgehead atoms. The zero-order valence-corrected chi connectivity index (χ0v) is 11.4. The zero-order chi connectivity index (χ0) is 12.6. The van der Waals surface area contributed by atoms with Crippen LogP contribution in [-0.2, 0) is 13.1 Å². The van der Waals surface area contributed by atoms with Crippen LogP contribution in [0.1, 0.15) is 11.4 Å². The fourth-order valence-corrected chi connectivity index (χ4v) is 2.21. The van der Waals surface area contributed by atoms with Gasteiger partial charge < -0.3 is 5.32 Å². The lowest BCUT2D eigenvalue weighted by Crippen LogP contribution is -2.28. The van der Waals surface area contributed by atoms with E-state index in [1.807, 2.05) is 29.9 Å². The number of nitrogens with zero attached hydrogens (tertiary/aromatic N) is 3. The van der Waals surface area contributed by atoms with Crippen molar-refractivity contribution in [1.82, 2.24) is 20.2 Å². The van der Waals surface area contributed by atoms with Crippen molar-refractivity contribution in [2.75, 3.05) is 20.1 Å². The molecule has 1 N–H and O–H groups in total. The first-order chi connectivity index (χ1) is 8.84. The molecule has 2 aromatic heterocycles. The topological polar surface area (TPSA) is 41.0 Å². The van der Waals surface area contributed by atoms with Crippen molar-refractivity contribution >= 4 is 11.3 Å². The van der Waals surface area contributed by atoms with Gasteiger partial charge in [0.15, 0.2) is 0 Å². The van der Waals surface area contributed by atoms with E-state index in [2.05, 4.69) is 32.6 Å². The van der Waals surface area contributed by atoms with Crippen molar-refractivity contribution in [1.29, 1.82) is 0 Å². The number of aromatic nitrogens is 2. The minimum absolute atomic E-state index is 0.825. The smallest absolute Gasteiger partial charge is 0.0795 e. The second-order valence-corrected chi connectivity index (χ2v) is 4.93. The Kier molecular flexibility index (Phi) is 5.26. The predicted molar refractivity (Wildman–Crippen MR) is 74.4 cm³/mol. The van der Waals surface area contributed by atoms with E-state index in [1.54, 1.807) is 11.3 Å². The highest BCUT2D eigenvalue weighted by Gasteiger charge is 2.01. The maximum atomic E-state index is 4.28. The summed E-state index contributed by atoms with van der Waals surface area (Å²) in [4.78, 5) is 10.8. The molecule has 0 unspecified atom stereocenters. The summed E-state index contributed by atoms with van der Waals surface area (Å²) in [7, 11) is 2.11. The molecule has 0 aliphatic heterocycles. The number of thiazole rings is 1. The van der Waals surface area contributed by atoms with Crippen LogP contribution in [0.5, 0.6) is 0 Å². The van der Waals surface area contributed by atoms with Crippen LogP contribution in [0.4, 0.5) is 0 Å². The van der Waals surface area contributed by atoms with Crippen LogP contribution in [0, 0.1) is 0 Å². The molecule has 0 aliphatic carbocycles. The van der Waals surface area contributed by atoms with Crippen LogP contribution in [0.25, 0.3) is 0 Å². The number of hydrogen-bond donors (Lipinski definition) is 1. The molecule has 0 amide bonds. The van der Waals surface area contributed by atoms with Gasteiger partial charge >= 0.3 is 0 Å². The molecule has 2 heterocycles. The van der Waals surface area contributed by atoms with Gasteiger partial charge in [-0.2, -0.15) is 0 Å². The van der Waals surface area contributed by atoms with Gasteiger partial charge in [-0.15, -0.1) is 11.3 Å². The third-order valence-electron chi connectivity index (χ3n) is 2.62. The first-order valence-corrected chi connectivity index (χ1v) is 6.95. The number of pyridine rings is 1. The highest BCUT2D eigenvalue weighted by Crippen LogP contribution is 2.03. The van der Waals surface area contributed by atoms with Gasteiger partial charge in [-0.1, -0.05) is 6.07 Å². The van der Waals surface area contributed by atoms with Crippen LogP contribution < -0.4 is 5.32 Å². The van der Waals surface area contributed by atoms with Crippen molar-refractivity contribution in [2.24, 2.45) is 0 Å². The second-order valence-electron chi connectivity index (χ2n) is 4.22. The molecule has 0 spiro atoms. The first kappa shape index (κ1) is 13.1. The summed E-state index contributed by atoms with van der Waals surface area (Å²) < 4.78 is 0. The lowest BCUT2D eigenvalue weighted by atomic mass is 10.3. The number of rotatable bonds is 7. The maximum absolute atomic E-state index is 4.28. The Morgan fingerprint density at radius 1 is 1.28 bits per heavy atom. The molecule has 0 saturated carbocycles. The summed E-state index contributed by atoms with van der Waals surface area (Å²) in [6.07, 6.45) is 1.82. The van der Waals surface area contributed by atoms with Crippen LogP contribution in [0.3, 0.4) is 0 Å². The van der Waals surface area contributed by atoms with Gasteiger partial charge in [-0.05, 0) is 19.2 Å². The van der Waals surface area contributed by atoms with Gasteiger partial charge in [0.25, 0.3) is 0 Å². The Labute approximate surface area is 112 Å². The molecule has 2 aromatic rings. The quantitative estimate of drug-likeness (QED) is 0.772. The summed E-state index contributed by atoms with van der Waals surface area (Å²) in [6, 6.07) is 5.98. The lowest BCUT2D eigenvalue weighted by molar-refractivity contribution is 0.321. The van der Waals surface area contributed by atoms with Crippen LogP contribution in [-0.4, -0.2) is 35.0 Å². The Balaban J connectivity index is 1.60. The second kappa shape index (κ2) is 7.20. The molecular weight excluding hydrogens is 244 g/mol. The summed E-state index contributed by atoms with van der Waals surface area (Å²) >= 11 is 1.65. The van der Waals surface area contributed by atoms with Crippen molar-refractivity contribution < 1.29 is 0 Å². The summed E-state index contributed by atoms with van der Waals surface area (Å²) in [5, 5.41) is 5.49. The molecule has 2 rings (SSSR count). The maximum Gasteiger partial charge on any atom is 0.0795 e. The number of likely N-dealkylation sites (N-methyl/N-ethyl adjacent to an activating group) is 1. The normalized spacial score (nSPS) is 11.0. The van der Waals surface area contributed by atoms with Gasteiger partial charge in [0, 0.05) is 37.8 Å². The Morgan fingerprint density at radius 3 is 2.94 bits per heavy atom. The average Bonchev–Trinajstić information content (AvgIpc) is 2.89. The van der Waals surface area contributed by atoms with E-state index in [0.29, 0.717) is 0 Å². The molecule has 0 saturated heterocycles. The van der Waals surface area contributed by atoms with E-state index in [4.69, 9.17) is 0 Å². The van der Waals surface area contributed by atoms with E-state index in [1.165, 1.54) is 0 Å². The first-order valence-electron chi connectivity index (χ1n) is 6.01. The molecule has 0 fully saturated rings. The predicted octanol–water partition coefficient (Wildman–Crippen LogP) is 1.76. The SMILES string of the molecule is CN(CCNCc1ccccn1)Cc1cscn1. The van der Waals surface area contributed by atoms with Crippen molar-refractivity contribution in [3.8, 4) is 0 Å². The molecule has 0 radical (unpaired) electrons. The highest BCUT2D eigenvalue weighted by molar-refractivity contribution is 7.07. The van der Waals surface area contributed by atoms with E-state index >= 15 is 0 Å². The Hall–Kier alpha value is -1.30. The van der Waals surface area contributed by atoms with Crippen molar-refractivity contribution in [3.05, 3.63) is 46.7 Å². The van der Waals surface area contributed by atoms with E-state index < -0.39 is 0 Å². The van der Waals surface area contributed by atoms with Gasteiger partial charge in [0.2, 0.25) is 0 Å². The molecule has 5 heteroatoms. The third-order valence-corrected chi connectivity index (χ3v) is 3.25. The minimum atomic E-state index is 0.825. The van der Waals surface area contributed by atoms with Crippen LogP contribution in [0.15, 0.2) is 35.3 Å². The van der Waals surface area contributed by atoms with E-state index in [9.17, 15) is 0 Å². The molecule has 0 aromatic carbocycles. The molecule has 96 valence electrons. The van der Waals surface area contributed by atoms with Crippen LogP contribution in [0.2, 0.25) is 0 Å². The number of nitrogens with one attached hydrogen (secondary N) is 1. The van der Waals surface area contributed by atoms with Gasteiger partial charge in [0.05, 0.1) is 16.9 Å². The molecule has 0 atom stereocenters. The monoisotopic (exact) mass is 262 g/mol. The van der Waals surface area contributed by atoms with Crippen molar-refractivity contribution in [3.63, 3.8) is 0 Å². The summed E-state index contributed by atoms with van der Waals surface area (Å²) in [5.74, 6) is 0. The minimum Gasteiger partial charge on any atom is -0.310 e. The van der Waals surface area contributed by atoms with Gasteiger partial charge in [-0.25, -0.2) is 4.98 Å². The molecule has 4 nitrogen and oxygen atoms in total. The van der Waals surface area contributed by atoms with Crippen LogP contribution >= 0.6 is 11.3 Å². The van der Waals surface area contributed by atoms with E-state index in [0.717, 1.165) is 37.6 Å². The summed E-state index contributed by atoms with van der Waals surface area (Å²) in [6.45, 7) is 3.70. The molecule has 0 aliphatic rings. The summed E-state index contributed by atoms with van der Waals surface area (Å²) in [5.41, 5.74) is 4.11. The standard InChI is InChI=1S/C13H18N4S/c1-17(9-13-10-18-11-16-13)7-6-14-8-12-4-2-3-5-15-12/h2-5,10-11,14H,6-9H2,1H3. The lowest BCUT2D eigenvalue weighted by Gasteiger charge is -2.15. The zero-order valence-electron chi connectivity index (χ0n) is 10.5. The third kappa shape index (κ3) is 4.52. The Morgan fingerprint density at radius 2 is 2.22 bits per heavy atom. The Bertz CT molecular complexity index is 430. The molecular formula is C13H18N4S. The fraction of sp³-hybridized carbons (Fsp3) is 0.385. The largest absolute Gasteiger partial charge is 0.310 e. The van der Waals surface area contributed by atoms with E-state index in [-0.39, 0.29) is 0 Å². The number of hydrogen-bond acceptors (Lipinski definition) is 5. The molecule has 18 heavy (non-hydrogen) atoms. The average molecular weight is 262 g/mol. The van der Waals surface area contributed by atoms with Crippen molar-refractivity contribution in [2.45, 2.75) is 13.1 Å². The fourth-order valence-electron chi connectivity index (χ4n) is 1.66. The van der Waals surface area contributed by atoms with Gasteiger partial charge in [0.1, 0.15) is 0 Å². The van der Waals surface area contributed by atoms with Gasteiger partial charge in [-0.3, -0.25) is 9.88 Å².